The van der Waals surface area contributed by atoms with Gasteiger partial charge in [-0.05, 0) is 44.5 Å². The minimum Gasteiger partial charge on any atom is -0.497 e. The number of aliphatic hydroxyl groups is 1. The topological polar surface area (TPSA) is 34.4 Å². The summed E-state index contributed by atoms with van der Waals surface area (Å²) in [6.45, 7) is 6.14. The highest BCUT2D eigenvalue weighted by Gasteiger charge is 2.12. The molecule has 0 radical (unpaired) electrons. The lowest BCUT2D eigenvalue weighted by molar-refractivity contribution is 0.196. The van der Waals surface area contributed by atoms with Gasteiger partial charge in [-0.3, -0.25) is 0 Å². The second kappa shape index (κ2) is 5.02. The number of rotatable bonds is 4. The van der Waals surface area contributed by atoms with Gasteiger partial charge in [-0.2, -0.15) is 0 Å². The molecule has 2 aromatic rings. The first-order chi connectivity index (χ1) is 8.52. The van der Waals surface area contributed by atoms with Crippen LogP contribution in [0.3, 0.4) is 0 Å². The second-order valence-electron chi connectivity index (χ2n) is 5.09. The second-order valence-corrected chi connectivity index (χ2v) is 5.09. The molecule has 1 aromatic heterocycles. The van der Waals surface area contributed by atoms with Crippen LogP contribution in [0.5, 0.6) is 5.75 Å². The lowest BCUT2D eigenvalue weighted by atomic mass is 10.1. The van der Waals surface area contributed by atoms with Crippen molar-refractivity contribution in [3.8, 4) is 5.75 Å². The van der Waals surface area contributed by atoms with Crippen LogP contribution in [0, 0.1) is 0 Å². The van der Waals surface area contributed by atoms with Crippen LogP contribution in [0.1, 0.15) is 32.4 Å². The van der Waals surface area contributed by atoms with E-state index in [0.29, 0.717) is 12.5 Å². The maximum Gasteiger partial charge on any atom is 0.119 e. The fourth-order valence-corrected chi connectivity index (χ4v) is 2.34. The summed E-state index contributed by atoms with van der Waals surface area (Å²) in [6.07, 6.45) is 2.48. The van der Waals surface area contributed by atoms with Crippen LogP contribution < -0.4 is 4.74 Å². The van der Waals surface area contributed by atoms with Crippen molar-refractivity contribution >= 4 is 10.9 Å². The summed E-state index contributed by atoms with van der Waals surface area (Å²) in [5.41, 5.74) is 2.37. The molecule has 0 bridgehead atoms. The van der Waals surface area contributed by atoms with Crippen molar-refractivity contribution in [2.24, 2.45) is 0 Å². The van der Waals surface area contributed by atoms with E-state index < -0.39 is 0 Å². The SMILES string of the molecule is COc1ccc2c(c1)c(CC(C)O)cn2C(C)C. The van der Waals surface area contributed by atoms with Crippen molar-refractivity contribution in [1.29, 1.82) is 0 Å². The number of hydrogen-bond acceptors (Lipinski definition) is 2. The number of hydrogen-bond donors (Lipinski definition) is 1. The molecule has 1 aromatic carbocycles. The fraction of sp³-hybridized carbons (Fsp3) is 0.467. The predicted octanol–water partition coefficient (Wildman–Crippen LogP) is 3.15. The molecule has 2 rings (SSSR count). The smallest absolute Gasteiger partial charge is 0.119 e. The van der Waals surface area contributed by atoms with Crippen LogP contribution in [0.2, 0.25) is 0 Å². The Bertz CT molecular complexity index is 541. The molecule has 1 unspecified atom stereocenters. The summed E-state index contributed by atoms with van der Waals surface area (Å²) in [4.78, 5) is 0. The van der Waals surface area contributed by atoms with Crippen molar-refractivity contribution in [3.05, 3.63) is 30.0 Å². The van der Waals surface area contributed by atoms with Gasteiger partial charge < -0.3 is 14.4 Å². The average Bonchev–Trinajstić information content (AvgIpc) is 2.67. The Balaban J connectivity index is 2.60. The van der Waals surface area contributed by atoms with Gasteiger partial charge in [0.25, 0.3) is 0 Å². The van der Waals surface area contributed by atoms with Gasteiger partial charge in [0.05, 0.1) is 13.2 Å². The molecule has 0 spiro atoms. The molecule has 98 valence electrons. The summed E-state index contributed by atoms with van der Waals surface area (Å²) < 4.78 is 7.52. The van der Waals surface area contributed by atoms with Crippen molar-refractivity contribution in [2.75, 3.05) is 7.11 Å². The van der Waals surface area contributed by atoms with Crippen LogP contribution in [0.25, 0.3) is 10.9 Å². The monoisotopic (exact) mass is 247 g/mol. The number of nitrogens with zero attached hydrogens (tertiary/aromatic N) is 1. The summed E-state index contributed by atoms with van der Waals surface area (Å²) >= 11 is 0. The van der Waals surface area contributed by atoms with E-state index in [1.54, 1.807) is 7.11 Å². The van der Waals surface area contributed by atoms with E-state index in [-0.39, 0.29) is 6.10 Å². The minimum atomic E-state index is -0.331. The molecule has 0 saturated carbocycles. The zero-order chi connectivity index (χ0) is 13.3. The largest absolute Gasteiger partial charge is 0.497 e. The molecule has 0 aliphatic heterocycles. The van der Waals surface area contributed by atoms with Gasteiger partial charge in [-0.25, -0.2) is 0 Å². The predicted molar refractivity (Wildman–Crippen MR) is 74.3 cm³/mol. The maximum absolute atomic E-state index is 9.60. The summed E-state index contributed by atoms with van der Waals surface area (Å²) in [6, 6.07) is 6.52. The van der Waals surface area contributed by atoms with Gasteiger partial charge in [0.1, 0.15) is 5.75 Å². The van der Waals surface area contributed by atoms with Gasteiger partial charge in [-0.15, -0.1) is 0 Å². The van der Waals surface area contributed by atoms with Crippen LogP contribution in [-0.4, -0.2) is 22.9 Å². The van der Waals surface area contributed by atoms with Gasteiger partial charge >= 0.3 is 0 Å². The number of aromatic nitrogens is 1. The molecule has 0 aliphatic rings. The molecule has 1 atom stereocenters. The molecule has 0 fully saturated rings. The molecular weight excluding hydrogens is 226 g/mol. The Morgan fingerprint density at radius 1 is 1.28 bits per heavy atom. The highest BCUT2D eigenvalue weighted by atomic mass is 16.5. The van der Waals surface area contributed by atoms with Crippen LogP contribution >= 0.6 is 0 Å². The molecule has 3 heteroatoms. The van der Waals surface area contributed by atoms with Crippen molar-refractivity contribution in [3.63, 3.8) is 0 Å². The van der Waals surface area contributed by atoms with E-state index >= 15 is 0 Å². The third-order valence-electron chi connectivity index (χ3n) is 3.19. The Kier molecular flexibility index (Phi) is 3.62. The summed E-state index contributed by atoms with van der Waals surface area (Å²) in [5, 5.41) is 10.8. The Hall–Kier alpha value is -1.48. The zero-order valence-electron chi connectivity index (χ0n) is 11.5. The van der Waals surface area contributed by atoms with Crippen molar-refractivity contribution < 1.29 is 9.84 Å². The Morgan fingerprint density at radius 2 is 2.00 bits per heavy atom. The highest BCUT2D eigenvalue weighted by molar-refractivity contribution is 5.85. The normalized spacial score (nSPS) is 13.2. The van der Waals surface area contributed by atoms with E-state index in [2.05, 4.69) is 30.7 Å². The molecule has 18 heavy (non-hydrogen) atoms. The number of ether oxygens (including phenoxy) is 1. The van der Waals surface area contributed by atoms with Gasteiger partial charge in [0.2, 0.25) is 0 Å². The van der Waals surface area contributed by atoms with Crippen molar-refractivity contribution in [2.45, 2.75) is 39.3 Å². The van der Waals surface area contributed by atoms with E-state index in [1.165, 1.54) is 16.5 Å². The lowest BCUT2D eigenvalue weighted by Gasteiger charge is -2.09. The van der Waals surface area contributed by atoms with E-state index in [9.17, 15) is 5.11 Å². The summed E-state index contributed by atoms with van der Waals surface area (Å²) in [7, 11) is 1.68. The molecule has 3 nitrogen and oxygen atoms in total. The number of benzene rings is 1. The molecular formula is C15H21NO2. The molecule has 0 aliphatic carbocycles. The number of fused-ring (bicyclic) bond motifs is 1. The molecule has 1 N–H and O–H groups in total. The zero-order valence-corrected chi connectivity index (χ0v) is 11.5. The third kappa shape index (κ3) is 2.36. The molecule has 0 saturated heterocycles. The minimum absolute atomic E-state index is 0.331. The number of aliphatic hydroxyl groups excluding tert-OH is 1. The van der Waals surface area contributed by atoms with Gasteiger partial charge in [-0.1, -0.05) is 0 Å². The van der Waals surface area contributed by atoms with E-state index in [0.717, 1.165) is 5.75 Å². The number of methoxy groups -OCH3 is 1. The van der Waals surface area contributed by atoms with E-state index in [4.69, 9.17) is 4.74 Å². The van der Waals surface area contributed by atoms with Gasteiger partial charge in [0, 0.05) is 29.6 Å². The molecule has 0 amide bonds. The Morgan fingerprint density at radius 3 is 2.56 bits per heavy atom. The van der Waals surface area contributed by atoms with Crippen LogP contribution in [0.4, 0.5) is 0 Å². The first kappa shape index (κ1) is 13.0. The lowest BCUT2D eigenvalue weighted by Crippen LogP contribution is -2.03. The maximum atomic E-state index is 9.60. The first-order valence-electron chi connectivity index (χ1n) is 6.38. The summed E-state index contributed by atoms with van der Waals surface area (Å²) in [5.74, 6) is 0.857. The van der Waals surface area contributed by atoms with Crippen LogP contribution in [0.15, 0.2) is 24.4 Å². The Labute approximate surface area is 108 Å². The average molecular weight is 247 g/mol. The fourth-order valence-electron chi connectivity index (χ4n) is 2.34. The van der Waals surface area contributed by atoms with Gasteiger partial charge in [0.15, 0.2) is 0 Å². The first-order valence-corrected chi connectivity index (χ1v) is 6.38. The van der Waals surface area contributed by atoms with Crippen molar-refractivity contribution in [1.82, 2.24) is 4.57 Å². The highest BCUT2D eigenvalue weighted by Crippen LogP contribution is 2.29. The van der Waals surface area contributed by atoms with E-state index in [1.807, 2.05) is 19.1 Å². The van der Waals surface area contributed by atoms with Crippen LogP contribution in [-0.2, 0) is 6.42 Å². The molecule has 1 heterocycles. The third-order valence-corrected chi connectivity index (χ3v) is 3.19. The standard InChI is InChI=1S/C15H21NO2/c1-10(2)16-9-12(7-11(3)17)14-8-13(18-4)5-6-15(14)16/h5-6,8-11,17H,7H2,1-4H3. The quantitative estimate of drug-likeness (QED) is 0.900.